The van der Waals surface area contributed by atoms with E-state index >= 15 is 0 Å². The van der Waals surface area contributed by atoms with Crippen LogP contribution in [-0.4, -0.2) is 4.57 Å². The minimum Gasteiger partial charge on any atom is -0.310 e. The molecule has 0 spiro atoms. The predicted molar refractivity (Wildman–Crippen MR) is 249 cm³/mol. The zero-order valence-electron chi connectivity index (χ0n) is 33.2. The summed E-state index contributed by atoms with van der Waals surface area (Å²) < 4.78 is 2.37. The van der Waals surface area contributed by atoms with Crippen LogP contribution in [0.4, 0.5) is 17.1 Å². The van der Waals surface area contributed by atoms with E-state index in [-0.39, 0.29) is 5.92 Å². The first-order valence-corrected chi connectivity index (χ1v) is 20.6. The zero-order valence-corrected chi connectivity index (χ0v) is 33.2. The molecule has 0 N–H and O–H groups in total. The van der Waals surface area contributed by atoms with Crippen molar-refractivity contribution in [2.75, 3.05) is 4.90 Å². The summed E-state index contributed by atoms with van der Waals surface area (Å²) in [6.07, 6.45) is 0. The fourth-order valence-corrected chi connectivity index (χ4v) is 9.51. The summed E-state index contributed by atoms with van der Waals surface area (Å²) in [5.74, 6) is 0.161. The highest BCUT2D eigenvalue weighted by Crippen LogP contribution is 2.54. The van der Waals surface area contributed by atoms with Crippen LogP contribution in [-0.2, 0) is 0 Å². The summed E-state index contributed by atoms with van der Waals surface area (Å²) >= 11 is 0. The molecule has 11 rings (SSSR count). The summed E-state index contributed by atoms with van der Waals surface area (Å²) in [5, 5.41) is 2.51. The van der Waals surface area contributed by atoms with E-state index in [1.165, 1.54) is 94.4 Å². The molecule has 0 saturated carbocycles. The van der Waals surface area contributed by atoms with Gasteiger partial charge in [0.25, 0.3) is 0 Å². The van der Waals surface area contributed by atoms with Crippen molar-refractivity contribution >= 4 is 38.9 Å². The molecule has 2 nitrogen and oxygen atoms in total. The Labute approximate surface area is 345 Å². The van der Waals surface area contributed by atoms with E-state index in [9.17, 15) is 0 Å². The quantitative estimate of drug-likeness (QED) is 0.157. The molecule has 0 fully saturated rings. The number of nitrogens with zero attached hydrogens (tertiary/aromatic N) is 2. The van der Waals surface area contributed by atoms with Gasteiger partial charge in [-0.2, -0.15) is 0 Å². The predicted octanol–water partition coefficient (Wildman–Crippen LogP) is 15.4. The Balaban J connectivity index is 1.05. The first kappa shape index (κ1) is 34.8. The number of para-hydroxylation sites is 2. The van der Waals surface area contributed by atoms with Crippen molar-refractivity contribution in [3.8, 4) is 39.1 Å². The molecule has 10 aromatic rings. The molecule has 280 valence electrons. The molecule has 0 bridgehead atoms. The van der Waals surface area contributed by atoms with Gasteiger partial charge in [0.15, 0.2) is 0 Å². The van der Waals surface area contributed by atoms with Gasteiger partial charge in [-0.05, 0) is 130 Å². The second kappa shape index (κ2) is 14.2. The van der Waals surface area contributed by atoms with E-state index in [1.54, 1.807) is 0 Å². The molecule has 1 unspecified atom stereocenters. The molecule has 1 aromatic heterocycles. The van der Waals surface area contributed by atoms with E-state index in [0.717, 1.165) is 11.4 Å². The van der Waals surface area contributed by atoms with E-state index in [4.69, 9.17) is 0 Å². The minimum absolute atomic E-state index is 0.161. The van der Waals surface area contributed by atoms with E-state index in [0.29, 0.717) is 0 Å². The monoisotopic (exact) mass is 754 g/mol. The Morgan fingerprint density at radius 2 is 0.966 bits per heavy atom. The maximum Gasteiger partial charge on any atom is 0.0543 e. The van der Waals surface area contributed by atoms with Crippen LogP contribution in [0.25, 0.3) is 60.9 Å². The van der Waals surface area contributed by atoms with Crippen LogP contribution >= 0.6 is 0 Å². The van der Waals surface area contributed by atoms with Gasteiger partial charge in [0.05, 0.1) is 16.7 Å². The topological polar surface area (TPSA) is 8.17 Å². The lowest BCUT2D eigenvalue weighted by Gasteiger charge is -2.28. The van der Waals surface area contributed by atoms with Crippen molar-refractivity contribution in [1.29, 1.82) is 0 Å². The van der Waals surface area contributed by atoms with Crippen molar-refractivity contribution in [3.63, 3.8) is 0 Å². The van der Waals surface area contributed by atoms with Crippen LogP contribution in [0.2, 0.25) is 0 Å². The van der Waals surface area contributed by atoms with Crippen molar-refractivity contribution in [2.45, 2.75) is 19.8 Å². The van der Waals surface area contributed by atoms with Gasteiger partial charge in [-0.15, -0.1) is 0 Å². The smallest absolute Gasteiger partial charge is 0.0543 e. The van der Waals surface area contributed by atoms with E-state index < -0.39 is 0 Å². The third-order valence-corrected chi connectivity index (χ3v) is 12.5. The molecule has 0 radical (unpaired) electrons. The highest BCUT2D eigenvalue weighted by Gasteiger charge is 2.34. The number of benzene rings is 9. The van der Waals surface area contributed by atoms with Gasteiger partial charge in [0.1, 0.15) is 0 Å². The molecular formula is C57H42N2. The molecule has 2 heteroatoms. The lowest BCUT2D eigenvalue weighted by Crippen LogP contribution is -2.11. The Morgan fingerprint density at radius 1 is 0.407 bits per heavy atom. The fourth-order valence-electron chi connectivity index (χ4n) is 9.51. The molecule has 0 aliphatic heterocycles. The standard InChI is InChI=1S/C57H42N2/c1-38-15-13-23-47(39(38)2)56-49-21-9-10-22-50(49)57-51(56)24-14-26-55(57)58(45-32-27-41(28-33-45)40-16-5-3-6-17-40)46-34-29-42(30-35-46)43-31-36-54-52(37-43)48-20-11-12-25-53(48)59(54)44-18-7-4-8-19-44/h3-37,56H,1-2H3. The van der Waals surface area contributed by atoms with Crippen molar-refractivity contribution in [1.82, 2.24) is 4.57 Å². The van der Waals surface area contributed by atoms with Gasteiger partial charge in [0.2, 0.25) is 0 Å². The molecule has 0 saturated heterocycles. The van der Waals surface area contributed by atoms with Crippen molar-refractivity contribution in [2.24, 2.45) is 0 Å². The Bertz CT molecular complexity index is 3160. The van der Waals surface area contributed by atoms with Gasteiger partial charge in [-0.1, -0.05) is 152 Å². The Kier molecular flexibility index (Phi) is 8.37. The Hall–Kier alpha value is -7.42. The maximum atomic E-state index is 2.45. The summed E-state index contributed by atoms with van der Waals surface area (Å²) in [5.41, 5.74) is 21.2. The fraction of sp³-hybridized carbons (Fsp3) is 0.0526. The van der Waals surface area contributed by atoms with Crippen LogP contribution in [0.1, 0.15) is 33.7 Å². The highest BCUT2D eigenvalue weighted by atomic mass is 15.1. The second-order valence-electron chi connectivity index (χ2n) is 15.8. The third kappa shape index (κ3) is 5.79. The average molecular weight is 755 g/mol. The molecule has 1 aliphatic rings. The van der Waals surface area contributed by atoms with Gasteiger partial charge in [-0.3, -0.25) is 0 Å². The van der Waals surface area contributed by atoms with Gasteiger partial charge < -0.3 is 9.47 Å². The molecule has 59 heavy (non-hydrogen) atoms. The number of anilines is 3. The molecule has 0 amide bonds. The summed E-state index contributed by atoms with van der Waals surface area (Å²) in [6, 6.07) is 77.8. The molecule has 1 aliphatic carbocycles. The molecule has 9 aromatic carbocycles. The highest BCUT2D eigenvalue weighted by molar-refractivity contribution is 6.10. The molecule has 1 atom stereocenters. The van der Waals surface area contributed by atoms with E-state index in [2.05, 4.69) is 236 Å². The number of hydrogen-bond donors (Lipinski definition) is 0. The van der Waals surface area contributed by atoms with Gasteiger partial charge in [0, 0.05) is 39.3 Å². The van der Waals surface area contributed by atoms with Crippen LogP contribution in [0, 0.1) is 13.8 Å². The third-order valence-electron chi connectivity index (χ3n) is 12.5. The van der Waals surface area contributed by atoms with Crippen LogP contribution < -0.4 is 4.90 Å². The largest absolute Gasteiger partial charge is 0.310 e. The number of aryl methyl sites for hydroxylation is 1. The summed E-state index contributed by atoms with van der Waals surface area (Å²) in [7, 11) is 0. The van der Waals surface area contributed by atoms with Crippen LogP contribution in [0.15, 0.2) is 212 Å². The Morgan fingerprint density at radius 3 is 1.73 bits per heavy atom. The number of hydrogen-bond acceptors (Lipinski definition) is 1. The maximum absolute atomic E-state index is 2.45. The lowest BCUT2D eigenvalue weighted by atomic mass is 9.85. The molecular weight excluding hydrogens is 713 g/mol. The minimum atomic E-state index is 0.161. The normalized spacial score (nSPS) is 13.1. The summed E-state index contributed by atoms with van der Waals surface area (Å²) in [6.45, 7) is 4.50. The van der Waals surface area contributed by atoms with E-state index in [1.807, 2.05) is 0 Å². The first-order chi connectivity index (χ1) is 29.1. The number of fused-ring (bicyclic) bond motifs is 6. The van der Waals surface area contributed by atoms with Crippen LogP contribution in [0.3, 0.4) is 0 Å². The number of aromatic nitrogens is 1. The van der Waals surface area contributed by atoms with Gasteiger partial charge in [-0.25, -0.2) is 0 Å². The van der Waals surface area contributed by atoms with Gasteiger partial charge >= 0.3 is 0 Å². The van der Waals surface area contributed by atoms with Crippen molar-refractivity contribution < 1.29 is 0 Å². The summed E-state index contributed by atoms with van der Waals surface area (Å²) in [4.78, 5) is 2.45. The second-order valence-corrected chi connectivity index (χ2v) is 15.8. The lowest BCUT2D eigenvalue weighted by molar-refractivity contribution is 0.990. The SMILES string of the molecule is Cc1cccc(C2c3ccccc3-c3c2cccc3N(c2ccc(-c3ccccc3)cc2)c2ccc(-c3ccc4c(c3)c3ccccc3n4-c3ccccc3)cc2)c1C. The number of rotatable bonds is 7. The van der Waals surface area contributed by atoms with Crippen molar-refractivity contribution in [3.05, 3.63) is 240 Å². The first-order valence-electron chi connectivity index (χ1n) is 20.6. The zero-order chi connectivity index (χ0) is 39.5. The molecule has 1 heterocycles. The average Bonchev–Trinajstić information content (AvgIpc) is 3.81. The van der Waals surface area contributed by atoms with Crippen LogP contribution in [0.5, 0.6) is 0 Å².